The second kappa shape index (κ2) is 9.05. The van der Waals surface area contributed by atoms with Crippen molar-refractivity contribution in [2.24, 2.45) is 5.92 Å². The van der Waals surface area contributed by atoms with Crippen LogP contribution in [0.1, 0.15) is 60.4 Å². The molecule has 2 aromatic rings. The molecule has 0 saturated carbocycles. The number of nitrogens with one attached hydrogen (secondary N) is 2. The van der Waals surface area contributed by atoms with E-state index in [4.69, 9.17) is 0 Å². The van der Waals surface area contributed by atoms with Gasteiger partial charge < -0.3 is 10.6 Å². The number of likely N-dealkylation sites (tertiary alicyclic amines) is 1. The van der Waals surface area contributed by atoms with Gasteiger partial charge in [0.05, 0.1) is 11.7 Å². The molecule has 2 aliphatic heterocycles. The van der Waals surface area contributed by atoms with E-state index in [1.54, 1.807) is 0 Å². The van der Waals surface area contributed by atoms with E-state index >= 15 is 0 Å². The van der Waals surface area contributed by atoms with Crippen LogP contribution < -0.4 is 10.6 Å². The van der Waals surface area contributed by atoms with Crippen LogP contribution in [-0.4, -0.2) is 52.0 Å². The molecule has 1 unspecified atom stereocenters. The number of rotatable bonds is 5. The van der Waals surface area contributed by atoms with Crippen molar-refractivity contribution in [3.05, 3.63) is 41.2 Å². The number of anilines is 1. The van der Waals surface area contributed by atoms with Crippen molar-refractivity contribution in [1.82, 2.24) is 25.2 Å². The molecular formula is C22H32N6O. The van der Waals surface area contributed by atoms with Crippen LogP contribution >= 0.6 is 0 Å². The Hall–Kier alpha value is -2.25. The molecule has 4 rings (SSSR count). The van der Waals surface area contributed by atoms with Gasteiger partial charge in [-0.25, -0.2) is 4.68 Å². The standard InChI is InChI=1S/C22H32N6O/c1-16-4-3-13-27(14-16)15-18-5-7-19(8-6-18)24-22(29)21-17(2)28(26-25-21)20-9-11-23-12-10-20/h5-8,16,20,23H,3-4,9-15H2,1-2H3,(H,24,29). The highest BCUT2D eigenvalue weighted by atomic mass is 16.2. The van der Waals surface area contributed by atoms with Gasteiger partial charge in [-0.3, -0.25) is 9.69 Å². The van der Waals surface area contributed by atoms with E-state index in [1.807, 2.05) is 23.7 Å². The molecule has 7 heteroatoms. The molecule has 1 aromatic heterocycles. The maximum absolute atomic E-state index is 12.7. The second-order valence-electron chi connectivity index (χ2n) is 8.58. The number of nitrogens with zero attached hydrogens (tertiary/aromatic N) is 4. The van der Waals surface area contributed by atoms with Gasteiger partial charge >= 0.3 is 0 Å². The maximum Gasteiger partial charge on any atom is 0.278 e. The lowest BCUT2D eigenvalue weighted by molar-refractivity contribution is 0.102. The molecule has 2 aliphatic rings. The molecule has 7 nitrogen and oxygen atoms in total. The first-order chi connectivity index (χ1) is 14.1. The Labute approximate surface area is 172 Å². The fourth-order valence-corrected chi connectivity index (χ4v) is 4.52. The van der Waals surface area contributed by atoms with Crippen molar-refractivity contribution < 1.29 is 4.79 Å². The Morgan fingerprint density at radius 1 is 1.21 bits per heavy atom. The van der Waals surface area contributed by atoms with Crippen molar-refractivity contribution in [2.45, 2.75) is 52.1 Å². The molecule has 156 valence electrons. The fraction of sp³-hybridized carbons (Fsp3) is 0.591. The van der Waals surface area contributed by atoms with Crippen LogP contribution in [0.25, 0.3) is 0 Å². The molecule has 29 heavy (non-hydrogen) atoms. The molecule has 0 spiro atoms. The average molecular weight is 397 g/mol. The van der Waals surface area contributed by atoms with Crippen LogP contribution in [0.4, 0.5) is 5.69 Å². The summed E-state index contributed by atoms with van der Waals surface area (Å²) >= 11 is 0. The van der Waals surface area contributed by atoms with Gasteiger partial charge in [0, 0.05) is 18.8 Å². The molecule has 0 bridgehead atoms. The van der Waals surface area contributed by atoms with Gasteiger partial charge in [0.25, 0.3) is 5.91 Å². The largest absolute Gasteiger partial charge is 0.321 e. The zero-order valence-electron chi connectivity index (χ0n) is 17.5. The highest BCUT2D eigenvalue weighted by Gasteiger charge is 2.23. The third-order valence-electron chi connectivity index (χ3n) is 6.16. The average Bonchev–Trinajstić information content (AvgIpc) is 3.12. The summed E-state index contributed by atoms with van der Waals surface area (Å²) in [6.45, 7) is 9.54. The minimum atomic E-state index is -0.194. The zero-order chi connectivity index (χ0) is 20.2. The van der Waals surface area contributed by atoms with Gasteiger partial charge in [-0.1, -0.05) is 24.3 Å². The summed E-state index contributed by atoms with van der Waals surface area (Å²) in [6.07, 6.45) is 4.65. The highest BCUT2D eigenvalue weighted by Crippen LogP contribution is 2.22. The minimum absolute atomic E-state index is 0.194. The van der Waals surface area contributed by atoms with Crippen molar-refractivity contribution >= 4 is 11.6 Å². The predicted molar refractivity (Wildman–Crippen MR) is 114 cm³/mol. The first kappa shape index (κ1) is 20.0. The lowest BCUT2D eigenvalue weighted by atomic mass is 10.00. The number of amides is 1. The molecule has 2 saturated heterocycles. The van der Waals surface area contributed by atoms with Gasteiger partial charge in [0.1, 0.15) is 0 Å². The molecule has 2 N–H and O–H groups in total. The Bertz CT molecular complexity index is 824. The van der Waals surface area contributed by atoms with E-state index in [2.05, 4.69) is 44.9 Å². The van der Waals surface area contributed by atoms with Crippen LogP contribution in [0.2, 0.25) is 0 Å². The van der Waals surface area contributed by atoms with Gasteiger partial charge in [-0.05, 0) is 75.9 Å². The topological polar surface area (TPSA) is 75.1 Å². The first-order valence-corrected chi connectivity index (χ1v) is 10.9. The molecule has 2 fully saturated rings. The Morgan fingerprint density at radius 3 is 2.69 bits per heavy atom. The summed E-state index contributed by atoms with van der Waals surface area (Å²) in [4.78, 5) is 15.2. The SMILES string of the molecule is Cc1c(C(=O)Nc2ccc(CN3CCCC(C)C3)cc2)nnn1C1CCNCC1. The van der Waals surface area contributed by atoms with E-state index in [0.29, 0.717) is 11.7 Å². The number of aromatic nitrogens is 3. The van der Waals surface area contributed by atoms with Crippen LogP contribution in [0, 0.1) is 12.8 Å². The van der Waals surface area contributed by atoms with Crippen LogP contribution in [0.15, 0.2) is 24.3 Å². The highest BCUT2D eigenvalue weighted by molar-refractivity contribution is 6.03. The van der Waals surface area contributed by atoms with Crippen LogP contribution in [0.5, 0.6) is 0 Å². The van der Waals surface area contributed by atoms with Crippen LogP contribution in [-0.2, 0) is 6.54 Å². The first-order valence-electron chi connectivity index (χ1n) is 10.9. The van der Waals surface area contributed by atoms with Gasteiger partial charge in [-0.15, -0.1) is 5.10 Å². The van der Waals surface area contributed by atoms with E-state index < -0.39 is 0 Å². The summed E-state index contributed by atoms with van der Waals surface area (Å²) in [5.74, 6) is 0.587. The second-order valence-corrected chi connectivity index (χ2v) is 8.58. The zero-order valence-corrected chi connectivity index (χ0v) is 17.5. The maximum atomic E-state index is 12.7. The number of hydrogen-bond donors (Lipinski definition) is 2. The van der Waals surface area contributed by atoms with Crippen molar-refractivity contribution in [1.29, 1.82) is 0 Å². The lowest BCUT2D eigenvalue weighted by Crippen LogP contribution is -2.33. The molecule has 1 aromatic carbocycles. The number of carbonyl (C=O) groups is 1. The predicted octanol–water partition coefficient (Wildman–Crippen LogP) is 3.00. The summed E-state index contributed by atoms with van der Waals surface area (Å²) < 4.78 is 1.92. The molecule has 3 heterocycles. The Kier molecular flexibility index (Phi) is 6.25. The Morgan fingerprint density at radius 2 is 1.97 bits per heavy atom. The summed E-state index contributed by atoms with van der Waals surface area (Å²) in [7, 11) is 0. The normalized spacial score (nSPS) is 21.2. The molecule has 1 amide bonds. The number of benzene rings is 1. The van der Waals surface area contributed by atoms with Crippen molar-refractivity contribution in [3.63, 3.8) is 0 Å². The fourth-order valence-electron chi connectivity index (χ4n) is 4.52. The molecular weight excluding hydrogens is 364 g/mol. The Balaban J connectivity index is 1.36. The van der Waals surface area contributed by atoms with E-state index in [1.165, 1.54) is 31.5 Å². The summed E-state index contributed by atoms with van der Waals surface area (Å²) in [5.41, 5.74) is 3.33. The quantitative estimate of drug-likeness (QED) is 0.813. The van der Waals surface area contributed by atoms with E-state index in [-0.39, 0.29) is 5.91 Å². The molecule has 0 radical (unpaired) electrons. The number of piperidine rings is 2. The van der Waals surface area contributed by atoms with Crippen LogP contribution in [0.3, 0.4) is 0 Å². The summed E-state index contributed by atoms with van der Waals surface area (Å²) in [5, 5.41) is 14.7. The van der Waals surface area contributed by atoms with Crippen molar-refractivity contribution in [2.75, 3.05) is 31.5 Å². The van der Waals surface area contributed by atoms with Crippen molar-refractivity contribution in [3.8, 4) is 0 Å². The van der Waals surface area contributed by atoms with Gasteiger partial charge in [0.2, 0.25) is 0 Å². The number of hydrogen-bond acceptors (Lipinski definition) is 5. The third-order valence-corrected chi connectivity index (χ3v) is 6.16. The third kappa shape index (κ3) is 4.85. The van der Waals surface area contributed by atoms with Gasteiger partial charge in [-0.2, -0.15) is 0 Å². The summed E-state index contributed by atoms with van der Waals surface area (Å²) in [6, 6.07) is 8.49. The minimum Gasteiger partial charge on any atom is -0.321 e. The monoisotopic (exact) mass is 396 g/mol. The number of carbonyl (C=O) groups excluding carboxylic acids is 1. The lowest BCUT2D eigenvalue weighted by Gasteiger charge is -2.30. The van der Waals surface area contributed by atoms with E-state index in [9.17, 15) is 4.79 Å². The molecule has 0 aliphatic carbocycles. The smallest absolute Gasteiger partial charge is 0.278 e. The van der Waals surface area contributed by atoms with Gasteiger partial charge in [0.15, 0.2) is 5.69 Å². The van der Waals surface area contributed by atoms with E-state index in [0.717, 1.165) is 49.8 Å². The molecule has 1 atom stereocenters.